The summed E-state index contributed by atoms with van der Waals surface area (Å²) < 4.78 is 5.12. The number of ether oxygens (including phenoxy) is 1. The molecule has 2 heterocycles. The second kappa shape index (κ2) is 8.32. The number of esters is 1. The van der Waals surface area contributed by atoms with Crippen molar-refractivity contribution in [2.45, 2.75) is 64.3 Å². The van der Waals surface area contributed by atoms with Gasteiger partial charge < -0.3 is 9.64 Å². The lowest BCUT2D eigenvalue weighted by atomic mass is 9.78. The number of carbonyl (C=O) groups is 2. The van der Waals surface area contributed by atoms with Crippen molar-refractivity contribution in [3.05, 3.63) is 0 Å². The van der Waals surface area contributed by atoms with Crippen LogP contribution in [0.25, 0.3) is 0 Å². The summed E-state index contributed by atoms with van der Waals surface area (Å²) in [4.78, 5) is 29.1. The zero-order valence-corrected chi connectivity index (χ0v) is 15.0. The average molecular weight is 336 g/mol. The topological polar surface area (TPSA) is 49.9 Å². The first-order valence-electron chi connectivity index (χ1n) is 9.87. The van der Waals surface area contributed by atoms with Gasteiger partial charge in [0, 0.05) is 12.6 Å². The fourth-order valence-corrected chi connectivity index (χ4v) is 4.80. The average Bonchev–Trinajstić information content (AvgIpc) is 2.62. The number of piperidine rings is 2. The van der Waals surface area contributed by atoms with E-state index >= 15 is 0 Å². The van der Waals surface area contributed by atoms with Crippen LogP contribution in [0, 0.1) is 11.8 Å². The van der Waals surface area contributed by atoms with E-state index in [1.165, 1.54) is 32.1 Å². The van der Waals surface area contributed by atoms with E-state index in [1.54, 1.807) is 0 Å². The molecule has 24 heavy (non-hydrogen) atoms. The highest BCUT2D eigenvalue weighted by Gasteiger charge is 2.36. The Labute approximate surface area is 145 Å². The number of hydrogen-bond donors (Lipinski definition) is 0. The summed E-state index contributed by atoms with van der Waals surface area (Å²) in [5.74, 6) is 1.01. The van der Waals surface area contributed by atoms with Crippen molar-refractivity contribution in [1.82, 2.24) is 9.80 Å². The van der Waals surface area contributed by atoms with E-state index in [-0.39, 0.29) is 11.9 Å². The second-order valence-electron chi connectivity index (χ2n) is 7.64. The van der Waals surface area contributed by atoms with Gasteiger partial charge in [-0.25, -0.2) is 0 Å². The van der Waals surface area contributed by atoms with Crippen LogP contribution in [0.3, 0.4) is 0 Å². The van der Waals surface area contributed by atoms with Crippen molar-refractivity contribution < 1.29 is 14.3 Å². The van der Waals surface area contributed by atoms with Crippen molar-refractivity contribution >= 4 is 11.9 Å². The van der Waals surface area contributed by atoms with Gasteiger partial charge in [0.15, 0.2) is 0 Å². The van der Waals surface area contributed by atoms with E-state index in [4.69, 9.17) is 4.74 Å². The van der Waals surface area contributed by atoms with Crippen molar-refractivity contribution in [2.75, 3.05) is 32.8 Å². The predicted molar refractivity (Wildman–Crippen MR) is 92.5 cm³/mol. The number of fused-ring (bicyclic) bond motifs is 1. The molecule has 2 saturated heterocycles. The molecule has 0 aromatic rings. The normalized spacial score (nSPS) is 29.1. The van der Waals surface area contributed by atoms with Gasteiger partial charge >= 0.3 is 5.97 Å². The van der Waals surface area contributed by atoms with Crippen LogP contribution in [0.15, 0.2) is 0 Å². The molecule has 0 aromatic carbocycles. The van der Waals surface area contributed by atoms with Crippen LogP contribution in [0.2, 0.25) is 0 Å². The number of carbonyl (C=O) groups excluding carboxylic acids is 2. The molecule has 3 rings (SSSR count). The van der Waals surface area contributed by atoms with Crippen LogP contribution in [0.4, 0.5) is 0 Å². The molecule has 5 nitrogen and oxygen atoms in total. The Balaban J connectivity index is 1.48. The summed E-state index contributed by atoms with van der Waals surface area (Å²) >= 11 is 0. The molecule has 1 aliphatic carbocycles. The van der Waals surface area contributed by atoms with E-state index in [0.717, 1.165) is 44.8 Å². The van der Waals surface area contributed by atoms with Gasteiger partial charge in [-0.3, -0.25) is 14.5 Å². The molecule has 3 aliphatic rings. The van der Waals surface area contributed by atoms with Gasteiger partial charge in [0.05, 0.1) is 19.1 Å². The summed E-state index contributed by atoms with van der Waals surface area (Å²) in [5.41, 5.74) is 0. The SMILES string of the molecule is CCOC(=O)C1CCN(CC(=O)N2CCCC3CCCCC32)CC1. The number of hydrogen-bond acceptors (Lipinski definition) is 4. The molecule has 0 bridgehead atoms. The van der Waals surface area contributed by atoms with Crippen molar-refractivity contribution in [2.24, 2.45) is 11.8 Å². The van der Waals surface area contributed by atoms with Crippen LogP contribution in [0.1, 0.15) is 58.3 Å². The minimum absolute atomic E-state index is 0.0222. The quantitative estimate of drug-likeness (QED) is 0.740. The summed E-state index contributed by atoms with van der Waals surface area (Å²) in [7, 11) is 0. The molecule has 0 spiro atoms. The number of amides is 1. The molecule has 136 valence electrons. The van der Waals surface area contributed by atoms with Gasteiger partial charge in [-0.2, -0.15) is 0 Å². The van der Waals surface area contributed by atoms with Gasteiger partial charge in [0.1, 0.15) is 0 Å². The molecule has 2 atom stereocenters. The number of nitrogens with zero attached hydrogens (tertiary/aromatic N) is 2. The summed E-state index contributed by atoms with van der Waals surface area (Å²) in [6.07, 6.45) is 9.22. The molecule has 0 N–H and O–H groups in total. The fourth-order valence-electron chi connectivity index (χ4n) is 4.80. The monoisotopic (exact) mass is 336 g/mol. The maximum atomic E-state index is 12.8. The van der Waals surface area contributed by atoms with Gasteiger partial charge in [0.25, 0.3) is 0 Å². The smallest absolute Gasteiger partial charge is 0.309 e. The van der Waals surface area contributed by atoms with Crippen LogP contribution in [0.5, 0.6) is 0 Å². The minimum Gasteiger partial charge on any atom is -0.466 e. The fraction of sp³-hybridized carbons (Fsp3) is 0.895. The third kappa shape index (κ3) is 4.11. The first-order chi connectivity index (χ1) is 11.7. The van der Waals surface area contributed by atoms with E-state index in [1.807, 2.05) is 6.92 Å². The van der Waals surface area contributed by atoms with Crippen LogP contribution >= 0.6 is 0 Å². The molecule has 0 radical (unpaired) electrons. The zero-order valence-electron chi connectivity index (χ0n) is 15.0. The zero-order chi connectivity index (χ0) is 16.9. The molecular weight excluding hydrogens is 304 g/mol. The van der Waals surface area contributed by atoms with Crippen molar-refractivity contribution in [3.8, 4) is 0 Å². The predicted octanol–water partition coefficient (Wildman–Crippen LogP) is 2.44. The van der Waals surface area contributed by atoms with Crippen molar-refractivity contribution in [1.29, 1.82) is 0 Å². The Morgan fingerprint density at radius 1 is 0.958 bits per heavy atom. The van der Waals surface area contributed by atoms with Crippen LogP contribution in [-0.4, -0.2) is 60.5 Å². The third-order valence-electron chi connectivity index (χ3n) is 6.13. The highest BCUT2D eigenvalue weighted by Crippen LogP contribution is 2.35. The second-order valence-corrected chi connectivity index (χ2v) is 7.64. The molecule has 2 aliphatic heterocycles. The van der Waals surface area contributed by atoms with E-state index < -0.39 is 0 Å². The maximum absolute atomic E-state index is 12.8. The van der Waals surface area contributed by atoms with E-state index in [0.29, 0.717) is 25.1 Å². The Morgan fingerprint density at radius 3 is 2.42 bits per heavy atom. The lowest BCUT2D eigenvalue weighted by Gasteiger charge is -2.45. The Hall–Kier alpha value is -1.10. The van der Waals surface area contributed by atoms with Crippen LogP contribution in [-0.2, 0) is 14.3 Å². The molecule has 1 amide bonds. The molecule has 3 fully saturated rings. The first kappa shape index (κ1) is 17.7. The maximum Gasteiger partial charge on any atom is 0.309 e. The molecule has 1 saturated carbocycles. The Kier molecular flexibility index (Phi) is 6.14. The van der Waals surface area contributed by atoms with Gasteiger partial charge in [-0.1, -0.05) is 12.8 Å². The van der Waals surface area contributed by atoms with Gasteiger partial charge in [0.2, 0.25) is 5.91 Å². The first-order valence-corrected chi connectivity index (χ1v) is 9.87. The summed E-state index contributed by atoms with van der Waals surface area (Å²) in [6.45, 7) is 5.43. The van der Waals surface area contributed by atoms with Gasteiger partial charge in [-0.15, -0.1) is 0 Å². The van der Waals surface area contributed by atoms with Gasteiger partial charge in [-0.05, 0) is 64.5 Å². The molecule has 2 unspecified atom stereocenters. The molecule has 5 heteroatoms. The van der Waals surface area contributed by atoms with E-state index in [2.05, 4.69) is 9.80 Å². The number of rotatable bonds is 4. The third-order valence-corrected chi connectivity index (χ3v) is 6.13. The van der Waals surface area contributed by atoms with Crippen LogP contribution < -0.4 is 0 Å². The summed E-state index contributed by atoms with van der Waals surface area (Å²) in [5, 5.41) is 0. The van der Waals surface area contributed by atoms with Crippen molar-refractivity contribution in [3.63, 3.8) is 0 Å². The molecule has 0 aromatic heterocycles. The lowest BCUT2D eigenvalue weighted by molar-refractivity contribution is -0.149. The lowest BCUT2D eigenvalue weighted by Crippen LogP contribution is -2.53. The largest absolute Gasteiger partial charge is 0.466 e. The number of likely N-dealkylation sites (tertiary alicyclic amines) is 2. The van der Waals surface area contributed by atoms with E-state index in [9.17, 15) is 9.59 Å². The standard InChI is InChI=1S/C19H32N2O3/c1-2-24-19(23)16-9-12-20(13-10-16)14-18(22)21-11-5-7-15-6-3-4-8-17(15)21/h15-17H,2-14H2,1H3. The minimum atomic E-state index is -0.0652. The highest BCUT2D eigenvalue weighted by molar-refractivity contribution is 5.79. The Bertz CT molecular complexity index is 444. The summed E-state index contributed by atoms with van der Waals surface area (Å²) in [6, 6.07) is 0.497. The molecular formula is C19H32N2O3. The Morgan fingerprint density at radius 2 is 1.67 bits per heavy atom. The highest BCUT2D eigenvalue weighted by atomic mass is 16.5.